The Morgan fingerprint density at radius 3 is 2.54 bits per heavy atom. The van der Waals surface area contributed by atoms with Gasteiger partial charge in [-0.25, -0.2) is 0 Å². The monoisotopic (exact) mass is 186 g/mol. The van der Waals surface area contributed by atoms with Gasteiger partial charge in [-0.1, -0.05) is 13.8 Å². The molecule has 0 unspecified atom stereocenters. The van der Waals surface area contributed by atoms with Gasteiger partial charge in [-0.2, -0.15) is 0 Å². The van der Waals surface area contributed by atoms with Crippen LogP contribution in [0.2, 0.25) is 0 Å². The van der Waals surface area contributed by atoms with Gasteiger partial charge in [0.1, 0.15) is 0 Å². The maximum Gasteiger partial charge on any atom is 0.185 e. The number of guanidine groups is 1. The Labute approximate surface area is 78.6 Å². The Bertz CT molecular complexity index is 181. The summed E-state index contributed by atoms with van der Waals surface area (Å²) in [7, 11) is 0. The summed E-state index contributed by atoms with van der Waals surface area (Å²) in [6.45, 7) is 4.87. The van der Waals surface area contributed by atoms with Crippen LogP contribution >= 0.6 is 0 Å². The van der Waals surface area contributed by atoms with Gasteiger partial charge in [-0.05, 0) is 6.54 Å². The highest BCUT2D eigenvalue weighted by molar-refractivity contribution is 5.84. The van der Waals surface area contributed by atoms with Gasteiger partial charge < -0.3 is 16.4 Å². The van der Waals surface area contributed by atoms with Gasteiger partial charge in [0.15, 0.2) is 11.7 Å². The summed E-state index contributed by atoms with van der Waals surface area (Å²) in [4.78, 5) is 11.3. The topological polar surface area (TPSA) is 91.0 Å². The average Bonchev–Trinajstić information content (AvgIpc) is 2.10. The Kier molecular flexibility index (Phi) is 5.88. The van der Waals surface area contributed by atoms with Gasteiger partial charge in [-0.15, -0.1) is 0 Å². The Hall–Kier alpha value is -1.10. The minimum Gasteiger partial charge on any atom is -0.370 e. The predicted molar refractivity (Wildman–Crippen MR) is 52.7 cm³/mol. The van der Waals surface area contributed by atoms with E-state index in [9.17, 15) is 4.79 Å². The van der Waals surface area contributed by atoms with Crippen LogP contribution in [0.15, 0.2) is 0 Å². The number of hydrogen-bond donors (Lipinski definition) is 4. The van der Waals surface area contributed by atoms with Crippen LogP contribution in [-0.4, -0.2) is 30.9 Å². The maximum atomic E-state index is 11.3. The Morgan fingerprint density at radius 1 is 1.54 bits per heavy atom. The van der Waals surface area contributed by atoms with Crippen LogP contribution in [0.25, 0.3) is 0 Å². The quantitative estimate of drug-likeness (QED) is 0.330. The lowest BCUT2D eigenvalue weighted by molar-refractivity contribution is -0.120. The minimum atomic E-state index is -0.237. The van der Waals surface area contributed by atoms with E-state index in [1.807, 2.05) is 13.8 Å². The molecule has 0 aliphatic rings. The highest BCUT2D eigenvalue weighted by Crippen LogP contribution is 1.89. The Morgan fingerprint density at radius 2 is 2.15 bits per heavy atom. The standard InChI is InChI=1S/C8H18N4O/c1-3-7(13)6(11-4-2)5-12-8(9)10/h6,11H,3-5H2,1-2H3,(H4,9,10,12)/t6-/m0/s1. The molecule has 76 valence electrons. The highest BCUT2D eigenvalue weighted by Gasteiger charge is 2.14. The van der Waals surface area contributed by atoms with Crippen LogP contribution in [0.5, 0.6) is 0 Å². The largest absolute Gasteiger partial charge is 0.370 e. The molecule has 0 aromatic heterocycles. The van der Waals surface area contributed by atoms with Crippen molar-refractivity contribution >= 4 is 11.7 Å². The van der Waals surface area contributed by atoms with Crippen molar-refractivity contribution in [3.8, 4) is 0 Å². The molecule has 0 aliphatic heterocycles. The second-order valence-electron chi connectivity index (χ2n) is 2.72. The fourth-order valence-electron chi connectivity index (χ4n) is 1.00. The van der Waals surface area contributed by atoms with Gasteiger partial charge in [-0.3, -0.25) is 10.2 Å². The molecule has 5 N–H and O–H groups in total. The number of nitrogens with one attached hydrogen (secondary N) is 3. The first kappa shape index (κ1) is 11.9. The number of ketones is 1. The van der Waals surface area contributed by atoms with E-state index in [0.29, 0.717) is 13.0 Å². The zero-order valence-corrected chi connectivity index (χ0v) is 8.18. The number of carbonyl (C=O) groups is 1. The van der Waals surface area contributed by atoms with Crippen LogP contribution in [0.4, 0.5) is 0 Å². The molecule has 0 rings (SSSR count). The van der Waals surface area contributed by atoms with Crippen molar-refractivity contribution in [1.29, 1.82) is 5.41 Å². The lowest BCUT2D eigenvalue weighted by Crippen LogP contribution is -2.47. The fourth-order valence-corrected chi connectivity index (χ4v) is 1.00. The molecule has 0 saturated heterocycles. The SMILES string of the molecule is CCN[C@@H](CNC(=N)N)C(=O)CC. The maximum absolute atomic E-state index is 11.3. The molecule has 0 heterocycles. The van der Waals surface area contributed by atoms with Crippen LogP contribution < -0.4 is 16.4 Å². The summed E-state index contributed by atoms with van der Waals surface area (Å²) >= 11 is 0. The van der Waals surface area contributed by atoms with Gasteiger partial charge in [0.25, 0.3) is 0 Å². The highest BCUT2D eigenvalue weighted by atomic mass is 16.1. The minimum absolute atomic E-state index is 0.105. The van der Waals surface area contributed by atoms with E-state index in [0.717, 1.165) is 6.54 Å². The molecule has 5 heteroatoms. The molecule has 5 nitrogen and oxygen atoms in total. The molecule has 1 atom stereocenters. The van der Waals surface area contributed by atoms with E-state index < -0.39 is 0 Å². The molecular weight excluding hydrogens is 168 g/mol. The summed E-state index contributed by atoms with van der Waals surface area (Å²) in [5.41, 5.74) is 5.11. The van der Waals surface area contributed by atoms with Crippen molar-refractivity contribution in [1.82, 2.24) is 10.6 Å². The van der Waals surface area contributed by atoms with E-state index in [-0.39, 0.29) is 17.8 Å². The second-order valence-corrected chi connectivity index (χ2v) is 2.72. The summed E-state index contributed by atoms with van der Waals surface area (Å²) in [5, 5.41) is 12.6. The first-order valence-electron chi connectivity index (χ1n) is 4.45. The van der Waals surface area contributed by atoms with Crippen molar-refractivity contribution in [2.45, 2.75) is 26.3 Å². The number of rotatable bonds is 6. The molecule has 0 radical (unpaired) electrons. The summed E-state index contributed by atoms with van der Waals surface area (Å²) < 4.78 is 0. The molecule has 0 amide bonds. The third kappa shape index (κ3) is 5.19. The first-order valence-corrected chi connectivity index (χ1v) is 4.45. The van der Waals surface area contributed by atoms with Crippen molar-refractivity contribution in [3.63, 3.8) is 0 Å². The number of likely N-dealkylation sites (N-methyl/N-ethyl adjacent to an activating group) is 1. The van der Waals surface area contributed by atoms with Crippen LogP contribution in [0, 0.1) is 5.41 Å². The molecule has 0 bridgehead atoms. The van der Waals surface area contributed by atoms with Gasteiger partial charge in [0, 0.05) is 13.0 Å². The third-order valence-corrected chi connectivity index (χ3v) is 1.68. The van der Waals surface area contributed by atoms with Crippen molar-refractivity contribution in [3.05, 3.63) is 0 Å². The van der Waals surface area contributed by atoms with E-state index in [4.69, 9.17) is 11.1 Å². The third-order valence-electron chi connectivity index (χ3n) is 1.68. The van der Waals surface area contributed by atoms with Crippen LogP contribution in [0.3, 0.4) is 0 Å². The Balaban J connectivity index is 3.93. The molecule has 0 saturated carbocycles. The molecule has 0 spiro atoms. The van der Waals surface area contributed by atoms with Gasteiger partial charge in [0.05, 0.1) is 6.04 Å². The van der Waals surface area contributed by atoms with Gasteiger partial charge >= 0.3 is 0 Å². The molecular formula is C8H18N4O. The van der Waals surface area contributed by atoms with Crippen molar-refractivity contribution in [2.24, 2.45) is 5.73 Å². The van der Waals surface area contributed by atoms with Gasteiger partial charge in [0.2, 0.25) is 0 Å². The number of nitrogens with two attached hydrogens (primary N) is 1. The second kappa shape index (κ2) is 6.42. The zero-order valence-electron chi connectivity index (χ0n) is 8.18. The van der Waals surface area contributed by atoms with Crippen LogP contribution in [-0.2, 0) is 4.79 Å². The molecule has 0 aliphatic carbocycles. The van der Waals surface area contributed by atoms with E-state index in [1.54, 1.807) is 0 Å². The predicted octanol–water partition coefficient (Wildman–Crippen LogP) is -0.573. The van der Waals surface area contributed by atoms with E-state index in [1.165, 1.54) is 0 Å². The molecule has 13 heavy (non-hydrogen) atoms. The van der Waals surface area contributed by atoms with Crippen molar-refractivity contribution in [2.75, 3.05) is 13.1 Å². The lowest BCUT2D eigenvalue weighted by atomic mass is 10.1. The number of hydrogen-bond acceptors (Lipinski definition) is 3. The first-order chi connectivity index (χ1) is 6.11. The molecule has 0 aromatic rings. The number of Topliss-reactive ketones (excluding diaryl/α,β-unsaturated/α-hetero) is 1. The summed E-state index contributed by atoms with van der Waals surface area (Å²) in [5.74, 6) is 0.0300. The van der Waals surface area contributed by atoms with Crippen molar-refractivity contribution < 1.29 is 4.79 Å². The van der Waals surface area contributed by atoms with E-state index >= 15 is 0 Å². The number of carbonyl (C=O) groups excluding carboxylic acids is 1. The fraction of sp³-hybridized carbons (Fsp3) is 0.750. The van der Waals surface area contributed by atoms with E-state index in [2.05, 4.69) is 10.6 Å². The lowest BCUT2D eigenvalue weighted by Gasteiger charge is -2.16. The molecule has 0 fully saturated rings. The summed E-state index contributed by atoms with van der Waals surface area (Å²) in [6, 6.07) is -0.237. The smallest absolute Gasteiger partial charge is 0.185 e. The molecule has 0 aromatic carbocycles. The zero-order chi connectivity index (χ0) is 10.3. The normalized spacial score (nSPS) is 12.2. The van der Waals surface area contributed by atoms with Crippen LogP contribution in [0.1, 0.15) is 20.3 Å². The average molecular weight is 186 g/mol. The summed E-state index contributed by atoms with van der Waals surface area (Å²) in [6.07, 6.45) is 0.497.